The number of halogens is 2. The van der Waals surface area contributed by atoms with Crippen LogP contribution in [0.1, 0.15) is 35.9 Å². The van der Waals surface area contributed by atoms with Gasteiger partial charge in [0.15, 0.2) is 6.39 Å². The summed E-state index contributed by atoms with van der Waals surface area (Å²) >= 11 is 5.97. The first-order valence-electron chi connectivity index (χ1n) is 9.21. The molecule has 3 rings (SSSR count). The number of oxazole rings is 1. The zero-order chi connectivity index (χ0) is 21.9. The van der Waals surface area contributed by atoms with Crippen molar-refractivity contribution < 1.29 is 23.2 Å². The predicted molar refractivity (Wildman–Crippen MR) is 108 cm³/mol. The van der Waals surface area contributed by atoms with Crippen LogP contribution in [0, 0.1) is 5.82 Å². The Bertz CT molecular complexity index is 985. The third-order valence-electron chi connectivity index (χ3n) is 4.30. The topological polar surface area (TPSA) is 89.3 Å². The molecule has 0 saturated carbocycles. The molecule has 0 spiro atoms. The van der Waals surface area contributed by atoms with E-state index in [0.29, 0.717) is 17.0 Å². The summed E-state index contributed by atoms with van der Waals surface area (Å²) in [5.41, 5.74) is 2.28. The molecule has 3 aromatic rings. The number of amides is 1. The second-order valence-electron chi connectivity index (χ2n) is 6.43. The van der Waals surface area contributed by atoms with Crippen molar-refractivity contribution >= 4 is 23.7 Å². The minimum atomic E-state index is -0.310. The lowest BCUT2D eigenvalue weighted by atomic mass is 9.98. The van der Waals surface area contributed by atoms with Crippen molar-refractivity contribution in [2.24, 2.45) is 0 Å². The Morgan fingerprint density at radius 1 is 1.23 bits per heavy atom. The van der Waals surface area contributed by atoms with Crippen LogP contribution in [-0.2, 0) is 16.0 Å². The van der Waals surface area contributed by atoms with E-state index in [1.807, 2.05) is 24.3 Å². The largest absolute Gasteiger partial charge is 0.438 e. The molecule has 0 aliphatic carbocycles. The van der Waals surface area contributed by atoms with Crippen LogP contribution >= 0.6 is 11.6 Å². The lowest BCUT2D eigenvalue weighted by Crippen LogP contribution is -2.36. The van der Waals surface area contributed by atoms with Crippen molar-refractivity contribution in [3.63, 3.8) is 0 Å². The number of benzene rings is 2. The smallest absolute Gasteiger partial charge is 0.373 e. The molecule has 1 heterocycles. The van der Waals surface area contributed by atoms with E-state index in [2.05, 4.69) is 17.2 Å². The fourth-order valence-electron chi connectivity index (χ4n) is 2.98. The first-order valence-corrected chi connectivity index (χ1v) is 9.59. The van der Waals surface area contributed by atoms with Crippen LogP contribution in [-0.4, -0.2) is 23.1 Å². The first kappa shape index (κ1) is 23.0. The Labute approximate surface area is 178 Å². The van der Waals surface area contributed by atoms with Gasteiger partial charge in [-0.25, -0.2) is 9.37 Å². The Morgan fingerprint density at radius 3 is 2.53 bits per heavy atom. The lowest BCUT2D eigenvalue weighted by molar-refractivity contribution is -0.191. The summed E-state index contributed by atoms with van der Waals surface area (Å²) in [4.78, 5) is 32.2. The molecule has 0 saturated heterocycles. The van der Waals surface area contributed by atoms with Gasteiger partial charge >= 0.3 is 6.15 Å². The van der Waals surface area contributed by atoms with Crippen LogP contribution in [0.5, 0.6) is 0 Å². The minimum absolute atomic E-state index is 0.0265. The fraction of sp³-hybridized carbons (Fsp3) is 0.227. The molecule has 1 atom stereocenters. The molecule has 0 fully saturated rings. The van der Waals surface area contributed by atoms with E-state index in [0.717, 1.165) is 24.0 Å². The van der Waals surface area contributed by atoms with Crippen molar-refractivity contribution in [2.45, 2.75) is 32.2 Å². The Morgan fingerprint density at radius 2 is 1.93 bits per heavy atom. The van der Waals surface area contributed by atoms with Crippen molar-refractivity contribution in [1.82, 2.24) is 10.3 Å². The summed E-state index contributed by atoms with van der Waals surface area (Å²) in [6, 6.07) is 12.1. The van der Waals surface area contributed by atoms with Crippen LogP contribution in [0.15, 0.2) is 59.5 Å². The lowest BCUT2D eigenvalue weighted by Gasteiger charge is -2.18. The summed E-state index contributed by atoms with van der Waals surface area (Å²) < 4.78 is 19.1. The van der Waals surface area contributed by atoms with E-state index >= 15 is 0 Å². The molecular formula is C22H20ClFN2O4. The summed E-state index contributed by atoms with van der Waals surface area (Å²) in [6.45, 7) is 2.07. The highest BCUT2D eigenvalue weighted by Gasteiger charge is 2.16. The predicted octanol–water partition coefficient (Wildman–Crippen LogP) is 4.69. The molecule has 8 heteroatoms. The Balaban J connectivity index is 0.00000101. The first-order chi connectivity index (χ1) is 14.5. The number of nitrogens with zero attached hydrogens (tertiary/aromatic N) is 1. The maximum Gasteiger partial charge on any atom is 0.373 e. The van der Waals surface area contributed by atoms with Crippen LogP contribution in [0.3, 0.4) is 0 Å². The molecule has 0 radical (unpaired) electrons. The monoisotopic (exact) mass is 430 g/mol. The van der Waals surface area contributed by atoms with E-state index in [9.17, 15) is 9.18 Å². The van der Waals surface area contributed by atoms with Crippen molar-refractivity contribution in [1.29, 1.82) is 0 Å². The number of aromatic nitrogens is 1. The van der Waals surface area contributed by atoms with E-state index in [1.54, 1.807) is 6.07 Å². The molecule has 1 amide bonds. The number of hydrogen-bond donors (Lipinski definition) is 1. The molecule has 1 N–H and O–H groups in total. The third kappa shape index (κ3) is 6.65. The van der Waals surface area contributed by atoms with Crippen LogP contribution in [0.25, 0.3) is 11.1 Å². The molecule has 0 bridgehead atoms. The minimum Gasteiger partial charge on any atom is -0.438 e. The fourth-order valence-corrected chi connectivity index (χ4v) is 3.15. The normalized spacial score (nSPS) is 11.0. The van der Waals surface area contributed by atoms with Crippen molar-refractivity contribution in [3.8, 4) is 11.1 Å². The summed E-state index contributed by atoms with van der Waals surface area (Å²) in [5.74, 6) is -0.387. The van der Waals surface area contributed by atoms with Gasteiger partial charge in [0.05, 0.1) is 6.20 Å². The SMILES string of the molecule is CCC[C@@H](Cc1ccc(-c2cc(Cl)ccc2F)cc1)NC(=O)c1cnco1.O=C=O. The molecule has 0 unspecified atom stereocenters. The van der Waals surface area contributed by atoms with Crippen molar-refractivity contribution in [3.05, 3.63) is 77.2 Å². The molecule has 6 nitrogen and oxygen atoms in total. The van der Waals surface area contributed by atoms with Gasteiger partial charge in [-0.05, 0) is 42.2 Å². The molecule has 156 valence electrons. The molecule has 1 aromatic heterocycles. The molecule has 0 aliphatic rings. The second-order valence-corrected chi connectivity index (χ2v) is 6.87. The molecule has 2 aromatic carbocycles. The average Bonchev–Trinajstić information content (AvgIpc) is 3.26. The number of carbonyl (C=O) groups excluding carboxylic acids is 3. The van der Waals surface area contributed by atoms with Crippen molar-refractivity contribution in [2.75, 3.05) is 0 Å². The molecular weight excluding hydrogens is 411 g/mol. The zero-order valence-corrected chi connectivity index (χ0v) is 17.0. The van der Waals surface area contributed by atoms with Gasteiger partial charge in [0.25, 0.3) is 5.91 Å². The number of hydrogen-bond acceptors (Lipinski definition) is 5. The van der Waals surface area contributed by atoms with Crippen LogP contribution < -0.4 is 5.32 Å². The molecule has 0 aliphatic heterocycles. The summed E-state index contributed by atoms with van der Waals surface area (Å²) in [6.07, 6.45) is 5.33. The third-order valence-corrected chi connectivity index (χ3v) is 4.54. The van der Waals surface area contributed by atoms with Gasteiger partial charge in [0, 0.05) is 16.6 Å². The quantitative estimate of drug-likeness (QED) is 0.587. The number of rotatable bonds is 7. The van der Waals surface area contributed by atoms with Gasteiger partial charge in [-0.3, -0.25) is 4.79 Å². The average molecular weight is 431 g/mol. The van der Waals surface area contributed by atoms with E-state index in [-0.39, 0.29) is 29.7 Å². The van der Waals surface area contributed by atoms with Gasteiger partial charge in [-0.2, -0.15) is 9.59 Å². The van der Waals surface area contributed by atoms with Gasteiger partial charge < -0.3 is 9.73 Å². The maximum atomic E-state index is 14.0. The summed E-state index contributed by atoms with van der Waals surface area (Å²) in [5, 5.41) is 3.48. The standard InChI is InChI=1S/C21H20ClFN2O2.CO2/c1-2-3-17(25-21(26)20-12-24-13-27-20)10-14-4-6-15(7-5-14)18-11-16(22)8-9-19(18)23;2-1-3/h4-9,11-13,17H,2-3,10H2,1H3,(H,25,26);/t17-;/m0./s1. The second kappa shape index (κ2) is 11.7. The van der Waals surface area contributed by atoms with Crippen LogP contribution in [0.2, 0.25) is 5.02 Å². The van der Waals surface area contributed by atoms with Crippen LogP contribution in [0.4, 0.5) is 4.39 Å². The highest BCUT2D eigenvalue weighted by atomic mass is 35.5. The van der Waals surface area contributed by atoms with E-state index in [1.165, 1.54) is 24.7 Å². The maximum absolute atomic E-state index is 14.0. The van der Waals surface area contributed by atoms with E-state index in [4.69, 9.17) is 25.6 Å². The van der Waals surface area contributed by atoms with E-state index < -0.39 is 0 Å². The molecule has 30 heavy (non-hydrogen) atoms. The Hall–Kier alpha value is -3.28. The van der Waals surface area contributed by atoms with Gasteiger partial charge in [-0.15, -0.1) is 0 Å². The number of nitrogens with one attached hydrogen (secondary N) is 1. The van der Waals surface area contributed by atoms with Gasteiger partial charge in [-0.1, -0.05) is 49.2 Å². The highest BCUT2D eigenvalue weighted by molar-refractivity contribution is 6.30. The van der Waals surface area contributed by atoms with Gasteiger partial charge in [0.2, 0.25) is 5.76 Å². The highest BCUT2D eigenvalue weighted by Crippen LogP contribution is 2.26. The number of carbonyl (C=O) groups is 1. The van der Waals surface area contributed by atoms with Gasteiger partial charge in [0.1, 0.15) is 5.82 Å². The zero-order valence-electron chi connectivity index (χ0n) is 16.2. The Kier molecular flexibility index (Phi) is 8.94. The summed E-state index contributed by atoms with van der Waals surface area (Å²) in [7, 11) is 0.